The van der Waals surface area contributed by atoms with E-state index in [1.807, 2.05) is 6.92 Å². The summed E-state index contributed by atoms with van der Waals surface area (Å²) in [6.07, 6.45) is 0.932. The first-order valence-electron chi connectivity index (χ1n) is 6.22. The second kappa shape index (κ2) is 6.96. The monoisotopic (exact) mass is 251 g/mol. The van der Waals surface area contributed by atoms with Crippen LogP contribution < -0.4 is 10.6 Å². The largest absolute Gasteiger partial charge is 0.478 e. The second-order valence-corrected chi connectivity index (χ2v) is 4.24. The van der Waals surface area contributed by atoms with Crippen molar-refractivity contribution < 1.29 is 9.90 Å². The molecule has 0 amide bonds. The lowest BCUT2D eigenvalue weighted by Gasteiger charge is -2.12. The Kier molecular flexibility index (Phi) is 5.58. The quantitative estimate of drug-likeness (QED) is 0.644. The minimum absolute atomic E-state index is 0.268. The molecule has 1 heterocycles. The van der Waals surface area contributed by atoms with E-state index in [4.69, 9.17) is 0 Å². The highest BCUT2D eigenvalue weighted by atomic mass is 16.4. The van der Waals surface area contributed by atoms with Gasteiger partial charge in [0.15, 0.2) is 0 Å². The van der Waals surface area contributed by atoms with E-state index in [-0.39, 0.29) is 5.56 Å². The molecule has 0 saturated carbocycles. The van der Waals surface area contributed by atoms with Crippen LogP contribution in [0.4, 0.5) is 5.82 Å². The van der Waals surface area contributed by atoms with E-state index in [2.05, 4.69) is 22.5 Å². The number of rotatable bonds is 7. The number of nitrogens with zero attached hydrogens (tertiary/aromatic N) is 1. The molecule has 0 spiro atoms. The van der Waals surface area contributed by atoms with Crippen LogP contribution in [-0.4, -0.2) is 35.7 Å². The molecule has 0 aliphatic rings. The summed E-state index contributed by atoms with van der Waals surface area (Å²) in [5.74, 6) is -0.467. The fourth-order valence-electron chi connectivity index (χ4n) is 1.83. The maximum atomic E-state index is 11.2. The van der Waals surface area contributed by atoms with Crippen LogP contribution in [0.1, 0.15) is 35.0 Å². The maximum absolute atomic E-state index is 11.2. The highest BCUT2D eigenvalue weighted by molar-refractivity contribution is 5.94. The zero-order chi connectivity index (χ0) is 13.5. The highest BCUT2D eigenvalue weighted by Gasteiger charge is 2.15. The molecule has 0 unspecified atom stereocenters. The van der Waals surface area contributed by atoms with Crippen molar-refractivity contribution in [3.63, 3.8) is 0 Å². The molecule has 5 nitrogen and oxygen atoms in total. The third-order valence-corrected chi connectivity index (χ3v) is 2.63. The Bertz CT molecular complexity index is 419. The van der Waals surface area contributed by atoms with E-state index in [1.54, 1.807) is 13.0 Å². The third kappa shape index (κ3) is 4.00. The van der Waals surface area contributed by atoms with E-state index in [1.165, 1.54) is 0 Å². The zero-order valence-electron chi connectivity index (χ0n) is 11.2. The van der Waals surface area contributed by atoms with Crippen molar-refractivity contribution in [3.8, 4) is 0 Å². The average Bonchev–Trinajstić information content (AvgIpc) is 2.27. The van der Waals surface area contributed by atoms with Crippen LogP contribution in [0.5, 0.6) is 0 Å². The predicted octanol–water partition coefficient (Wildman–Crippen LogP) is 1.81. The van der Waals surface area contributed by atoms with Crippen LogP contribution in [0.2, 0.25) is 0 Å². The lowest BCUT2D eigenvalue weighted by molar-refractivity contribution is 0.0697. The van der Waals surface area contributed by atoms with Crippen molar-refractivity contribution in [1.29, 1.82) is 0 Å². The lowest BCUT2D eigenvalue weighted by atomic mass is 10.1. The summed E-state index contributed by atoms with van der Waals surface area (Å²) in [4.78, 5) is 15.5. The SMILES string of the molecule is CCNCCCNc1nc(C)cc(C)c1C(=O)O. The van der Waals surface area contributed by atoms with Crippen LogP contribution in [0.3, 0.4) is 0 Å². The number of carbonyl (C=O) groups is 1. The molecule has 0 aliphatic heterocycles. The van der Waals surface area contributed by atoms with Crippen molar-refractivity contribution >= 4 is 11.8 Å². The molecule has 3 N–H and O–H groups in total. The Morgan fingerprint density at radius 1 is 1.39 bits per heavy atom. The van der Waals surface area contributed by atoms with Crippen LogP contribution in [-0.2, 0) is 0 Å². The third-order valence-electron chi connectivity index (χ3n) is 2.63. The van der Waals surface area contributed by atoms with Crippen molar-refractivity contribution in [3.05, 3.63) is 22.9 Å². The second-order valence-electron chi connectivity index (χ2n) is 4.24. The molecule has 1 aromatic rings. The van der Waals surface area contributed by atoms with Gasteiger partial charge in [-0.15, -0.1) is 0 Å². The van der Waals surface area contributed by atoms with Gasteiger partial charge in [0.2, 0.25) is 0 Å². The molecular weight excluding hydrogens is 230 g/mol. The average molecular weight is 251 g/mol. The van der Waals surface area contributed by atoms with Crippen molar-refractivity contribution in [2.24, 2.45) is 0 Å². The Hall–Kier alpha value is -1.62. The molecule has 0 saturated heterocycles. The van der Waals surface area contributed by atoms with Gasteiger partial charge in [-0.05, 0) is 45.0 Å². The first-order valence-corrected chi connectivity index (χ1v) is 6.22. The number of hydrogen-bond donors (Lipinski definition) is 3. The molecular formula is C13H21N3O2. The number of aromatic nitrogens is 1. The minimum Gasteiger partial charge on any atom is -0.478 e. The number of anilines is 1. The summed E-state index contributed by atoms with van der Waals surface area (Å²) in [7, 11) is 0. The normalized spacial score (nSPS) is 10.4. The van der Waals surface area contributed by atoms with E-state index < -0.39 is 5.97 Å². The maximum Gasteiger partial charge on any atom is 0.339 e. The summed E-state index contributed by atoms with van der Waals surface area (Å²) in [5.41, 5.74) is 1.83. The molecule has 0 radical (unpaired) electrons. The summed E-state index contributed by atoms with van der Waals surface area (Å²) in [6.45, 7) is 8.29. The van der Waals surface area contributed by atoms with Gasteiger partial charge in [0.05, 0.1) is 0 Å². The summed E-state index contributed by atoms with van der Waals surface area (Å²) in [6, 6.07) is 1.78. The molecule has 0 fully saturated rings. The molecule has 1 rings (SSSR count). The molecule has 0 atom stereocenters. The summed E-state index contributed by atoms with van der Waals surface area (Å²) < 4.78 is 0. The van der Waals surface area contributed by atoms with Crippen molar-refractivity contribution in [2.45, 2.75) is 27.2 Å². The van der Waals surface area contributed by atoms with Crippen LogP contribution >= 0.6 is 0 Å². The number of aryl methyl sites for hydroxylation is 2. The molecule has 0 aromatic carbocycles. The number of pyridine rings is 1. The molecule has 100 valence electrons. The Labute approximate surface area is 108 Å². The molecule has 5 heteroatoms. The van der Waals surface area contributed by atoms with E-state index in [0.717, 1.165) is 30.8 Å². The zero-order valence-corrected chi connectivity index (χ0v) is 11.2. The predicted molar refractivity (Wildman–Crippen MR) is 72.3 cm³/mol. The van der Waals surface area contributed by atoms with Crippen molar-refractivity contribution in [2.75, 3.05) is 25.0 Å². The van der Waals surface area contributed by atoms with Gasteiger partial charge in [-0.2, -0.15) is 0 Å². The Morgan fingerprint density at radius 2 is 2.11 bits per heavy atom. The van der Waals surface area contributed by atoms with Gasteiger partial charge in [-0.1, -0.05) is 6.92 Å². The number of nitrogens with one attached hydrogen (secondary N) is 2. The van der Waals surface area contributed by atoms with Gasteiger partial charge in [-0.25, -0.2) is 9.78 Å². The fraction of sp³-hybridized carbons (Fsp3) is 0.538. The van der Waals surface area contributed by atoms with Crippen LogP contribution in [0.15, 0.2) is 6.07 Å². The van der Waals surface area contributed by atoms with E-state index in [0.29, 0.717) is 12.4 Å². The molecule has 0 aliphatic carbocycles. The summed E-state index contributed by atoms with van der Waals surface area (Å²) >= 11 is 0. The standard InChI is InChI=1S/C13H21N3O2/c1-4-14-6-5-7-15-12-11(13(17)18)9(2)8-10(3)16-12/h8,14H,4-7H2,1-3H3,(H,15,16)(H,17,18). The first kappa shape index (κ1) is 14.4. The van der Waals surface area contributed by atoms with Crippen molar-refractivity contribution in [1.82, 2.24) is 10.3 Å². The number of carboxylic acid groups (broad SMARTS) is 1. The van der Waals surface area contributed by atoms with Gasteiger partial charge in [0.25, 0.3) is 0 Å². The van der Waals surface area contributed by atoms with Gasteiger partial charge in [0, 0.05) is 12.2 Å². The number of aromatic carboxylic acids is 1. The van der Waals surface area contributed by atoms with E-state index in [9.17, 15) is 9.90 Å². The molecule has 18 heavy (non-hydrogen) atoms. The first-order chi connectivity index (χ1) is 8.56. The van der Waals surface area contributed by atoms with E-state index >= 15 is 0 Å². The topological polar surface area (TPSA) is 74.2 Å². The van der Waals surface area contributed by atoms with Gasteiger partial charge in [0.1, 0.15) is 11.4 Å². The number of hydrogen-bond acceptors (Lipinski definition) is 4. The van der Waals surface area contributed by atoms with Crippen LogP contribution in [0, 0.1) is 13.8 Å². The molecule has 0 bridgehead atoms. The highest BCUT2D eigenvalue weighted by Crippen LogP contribution is 2.18. The molecule has 1 aromatic heterocycles. The van der Waals surface area contributed by atoms with Gasteiger partial charge in [-0.3, -0.25) is 0 Å². The smallest absolute Gasteiger partial charge is 0.339 e. The van der Waals surface area contributed by atoms with Gasteiger partial charge >= 0.3 is 5.97 Å². The Morgan fingerprint density at radius 3 is 2.72 bits per heavy atom. The lowest BCUT2D eigenvalue weighted by Crippen LogP contribution is -2.18. The Balaban J connectivity index is 2.71. The number of carboxylic acids is 1. The fourth-order valence-corrected chi connectivity index (χ4v) is 1.83. The summed E-state index contributed by atoms with van der Waals surface area (Å²) in [5, 5.41) is 15.5. The minimum atomic E-state index is -0.936. The van der Waals surface area contributed by atoms with Crippen LogP contribution in [0.25, 0.3) is 0 Å². The van der Waals surface area contributed by atoms with Gasteiger partial charge < -0.3 is 15.7 Å².